The summed E-state index contributed by atoms with van der Waals surface area (Å²) in [5.74, 6) is -0.136. The van der Waals surface area contributed by atoms with E-state index >= 15 is 0 Å². The molecule has 1 atom stereocenters. The zero-order valence-corrected chi connectivity index (χ0v) is 12.7. The molecule has 0 aliphatic rings. The molecular formula is C13H20N2O4S. The van der Waals surface area contributed by atoms with Crippen molar-refractivity contribution in [2.45, 2.75) is 17.4 Å². The van der Waals surface area contributed by atoms with Gasteiger partial charge < -0.3 is 10.5 Å². The highest BCUT2D eigenvalue weighted by molar-refractivity contribution is 7.89. The quantitative estimate of drug-likeness (QED) is 0.740. The monoisotopic (exact) mass is 300 g/mol. The van der Waals surface area contributed by atoms with Crippen molar-refractivity contribution in [3.8, 4) is 0 Å². The van der Waals surface area contributed by atoms with Gasteiger partial charge in [0, 0.05) is 39.2 Å². The molecule has 0 amide bonds. The first-order valence-electron chi connectivity index (χ1n) is 6.09. The van der Waals surface area contributed by atoms with Crippen molar-refractivity contribution in [1.82, 2.24) is 4.31 Å². The Morgan fingerprint density at radius 3 is 2.30 bits per heavy atom. The second-order valence-corrected chi connectivity index (χ2v) is 6.81. The lowest BCUT2D eigenvalue weighted by atomic mass is 10.0. The number of hydrogen-bond donors (Lipinski definition) is 1. The van der Waals surface area contributed by atoms with Gasteiger partial charge in [-0.15, -0.1) is 0 Å². The fraction of sp³-hybridized carbons (Fsp3) is 0.462. The molecule has 0 aliphatic carbocycles. The molecule has 20 heavy (non-hydrogen) atoms. The van der Waals surface area contributed by atoms with Crippen LogP contribution < -0.4 is 5.73 Å². The smallest absolute Gasteiger partial charge is 0.242 e. The van der Waals surface area contributed by atoms with Crippen molar-refractivity contribution in [3.05, 3.63) is 29.8 Å². The third-order valence-electron chi connectivity index (χ3n) is 2.78. The molecule has 0 fully saturated rings. The van der Waals surface area contributed by atoms with Crippen molar-refractivity contribution < 1.29 is 17.9 Å². The van der Waals surface area contributed by atoms with Gasteiger partial charge in [-0.1, -0.05) is 12.1 Å². The average molecular weight is 300 g/mol. The minimum absolute atomic E-state index is 0.136. The molecule has 0 aromatic heterocycles. The standard InChI is InChI=1S/C13H20N2O4S/c1-15(2)20(17,18)12-6-4-10(5-7-12)13(16)8-11(14)9-19-3/h4-7,11H,8-9,14H2,1-3H3. The fourth-order valence-corrected chi connectivity index (χ4v) is 2.55. The summed E-state index contributed by atoms with van der Waals surface area (Å²) in [6.45, 7) is 0.304. The number of benzene rings is 1. The largest absolute Gasteiger partial charge is 0.383 e. The summed E-state index contributed by atoms with van der Waals surface area (Å²) >= 11 is 0. The molecule has 0 bridgehead atoms. The van der Waals surface area contributed by atoms with E-state index in [2.05, 4.69) is 0 Å². The second kappa shape index (κ2) is 6.94. The number of carbonyl (C=O) groups excluding carboxylic acids is 1. The highest BCUT2D eigenvalue weighted by Crippen LogP contribution is 2.15. The van der Waals surface area contributed by atoms with Crippen LogP contribution in [-0.4, -0.2) is 52.4 Å². The Kier molecular flexibility index (Phi) is 5.82. The van der Waals surface area contributed by atoms with Gasteiger partial charge in [-0.3, -0.25) is 4.79 Å². The second-order valence-electron chi connectivity index (χ2n) is 4.65. The minimum Gasteiger partial charge on any atom is -0.383 e. The number of carbonyl (C=O) groups is 1. The van der Waals surface area contributed by atoms with Crippen molar-refractivity contribution in [2.75, 3.05) is 27.8 Å². The summed E-state index contributed by atoms with van der Waals surface area (Å²) in [4.78, 5) is 12.1. The van der Waals surface area contributed by atoms with Gasteiger partial charge in [0.05, 0.1) is 11.5 Å². The highest BCUT2D eigenvalue weighted by atomic mass is 32.2. The number of sulfonamides is 1. The van der Waals surface area contributed by atoms with Gasteiger partial charge >= 0.3 is 0 Å². The number of Topliss-reactive ketones (excluding diaryl/α,β-unsaturated/α-hetero) is 1. The van der Waals surface area contributed by atoms with E-state index < -0.39 is 10.0 Å². The van der Waals surface area contributed by atoms with Gasteiger partial charge in [-0.25, -0.2) is 12.7 Å². The highest BCUT2D eigenvalue weighted by Gasteiger charge is 2.18. The lowest BCUT2D eigenvalue weighted by molar-refractivity contribution is 0.0949. The molecule has 0 saturated carbocycles. The van der Waals surface area contributed by atoms with E-state index in [0.29, 0.717) is 12.2 Å². The first-order valence-corrected chi connectivity index (χ1v) is 7.53. The lowest BCUT2D eigenvalue weighted by Gasteiger charge is -2.12. The van der Waals surface area contributed by atoms with Gasteiger partial charge in [-0.05, 0) is 12.1 Å². The molecule has 6 nitrogen and oxygen atoms in total. The molecule has 0 radical (unpaired) electrons. The average Bonchev–Trinajstić information content (AvgIpc) is 2.38. The normalized spacial score (nSPS) is 13.4. The van der Waals surface area contributed by atoms with Crippen molar-refractivity contribution in [3.63, 3.8) is 0 Å². The van der Waals surface area contributed by atoms with Crippen molar-refractivity contribution in [1.29, 1.82) is 0 Å². The lowest BCUT2D eigenvalue weighted by Crippen LogP contribution is -2.28. The number of ether oxygens (including phenoxy) is 1. The van der Waals surface area contributed by atoms with E-state index in [-0.39, 0.29) is 23.1 Å². The number of rotatable bonds is 7. The third kappa shape index (κ3) is 4.11. The van der Waals surface area contributed by atoms with E-state index in [1.54, 1.807) is 0 Å². The summed E-state index contributed by atoms with van der Waals surface area (Å²) in [6.07, 6.45) is 0.160. The summed E-state index contributed by atoms with van der Waals surface area (Å²) in [6, 6.07) is 5.48. The van der Waals surface area contributed by atoms with Crippen LogP contribution in [0.4, 0.5) is 0 Å². The maximum atomic E-state index is 11.9. The molecule has 0 aliphatic heterocycles. The molecule has 112 valence electrons. The van der Waals surface area contributed by atoms with E-state index in [9.17, 15) is 13.2 Å². The Balaban J connectivity index is 2.84. The van der Waals surface area contributed by atoms with E-state index in [1.165, 1.54) is 45.5 Å². The molecule has 0 saturated heterocycles. The first-order chi connectivity index (χ1) is 9.28. The predicted molar refractivity (Wildman–Crippen MR) is 76.1 cm³/mol. The zero-order valence-electron chi connectivity index (χ0n) is 11.9. The predicted octanol–water partition coefficient (Wildman–Crippen LogP) is 0.483. The van der Waals surface area contributed by atoms with Gasteiger partial charge in [0.2, 0.25) is 10.0 Å². The molecule has 2 N–H and O–H groups in total. The molecule has 0 spiro atoms. The molecule has 1 aromatic carbocycles. The minimum atomic E-state index is -3.47. The summed E-state index contributed by atoms with van der Waals surface area (Å²) < 4.78 is 29.8. The van der Waals surface area contributed by atoms with Crippen molar-refractivity contribution in [2.24, 2.45) is 5.73 Å². The van der Waals surface area contributed by atoms with E-state index in [0.717, 1.165) is 4.31 Å². The number of methoxy groups -OCH3 is 1. The Hall–Kier alpha value is -1.28. The summed E-state index contributed by atoms with van der Waals surface area (Å²) in [7, 11) is 0.958. The van der Waals surface area contributed by atoms with Crippen LogP contribution in [0.5, 0.6) is 0 Å². The zero-order chi connectivity index (χ0) is 15.3. The molecule has 1 rings (SSSR count). The molecule has 0 heterocycles. The third-order valence-corrected chi connectivity index (χ3v) is 4.61. The van der Waals surface area contributed by atoms with E-state index in [1.807, 2.05) is 0 Å². The van der Waals surface area contributed by atoms with Crippen LogP contribution in [0, 0.1) is 0 Å². The maximum Gasteiger partial charge on any atom is 0.242 e. The van der Waals surface area contributed by atoms with Crippen LogP contribution in [0.25, 0.3) is 0 Å². The molecular weight excluding hydrogens is 280 g/mol. The van der Waals surface area contributed by atoms with Gasteiger partial charge in [0.1, 0.15) is 0 Å². The Morgan fingerprint density at radius 1 is 1.30 bits per heavy atom. The van der Waals surface area contributed by atoms with Crippen molar-refractivity contribution >= 4 is 15.8 Å². The SMILES string of the molecule is COCC(N)CC(=O)c1ccc(S(=O)(=O)N(C)C)cc1. The van der Waals surface area contributed by atoms with E-state index in [4.69, 9.17) is 10.5 Å². The first kappa shape index (κ1) is 16.8. The van der Waals surface area contributed by atoms with Gasteiger partial charge in [0.15, 0.2) is 5.78 Å². The van der Waals surface area contributed by atoms with Gasteiger partial charge in [-0.2, -0.15) is 0 Å². The molecule has 7 heteroatoms. The number of nitrogens with two attached hydrogens (primary N) is 1. The number of ketones is 1. The van der Waals surface area contributed by atoms with Gasteiger partial charge in [0.25, 0.3) is 0 Å². The van der Waals surface area contributed by atoms with Crippen LogP contribution in [0.1, 0.15) is 16.8 Å². The number of nitrogens with zero attached hydrogens (tertiary/aromatic N) is 1. The van der Waals surface area contributed by atoms with Crippen LogP contribution in [-0.2, 0) is 14.8 Å². The summed E-state index contributed by atoms with van der Waals surface area (Å²) in [5.41, 5.74) is 6.15. The van der Waals surface area contributed by atoms with Crippen LogP contribution >= 0.6 is 0 Å². The molecule has 1 unspecified atom stereocenters. The Bertz CT molecular complexity index is 552. The fourth-order valence-electron chi connectivity index (χ4n) is 1.65. The Labute approximate surface area is 119 Å². The van der Waals surface area contributed by atoms with Crippen LogP contribution in [0.15, 0.2) is 29.2 Å². The maximum absolute atomic E-state index is 11.9. The topological polar surface area (TPSA) is 89.7 Å². The number of hydrogen-bond acceptors (Lipinski definition) is 5. The molecule has 1 aromatic rings. The van der Waals surface area contributed by atoms with Crippen LogP contribution in [0.2, 0.25) is 0 Å². The van der Waals surface area contributed by atoms with Crippen LogP contribution in [0.3, 0.4) is 0 Å². The summed E-state index contributed by atoms with van der Waals surface area (Å²) in [5, 5.41) is 0. The Morgan fingerprint density at radius 2 is 1.85 bits per heavy atom.